The molecule has 0 rings (SSSR count). The summed E-state index contributed by atoms with van der Waals surface area (Å²) in [6, 6.07) is 0. The molecular formula is C17H46O5Si5. The molecule has 0 aliphatic rings. The lowest BCUT2D eigenvalue weighted by molar-refractivity contribution is 0.123. The van der Waals surface area contributed by atoms with E-state index in [0.29, 0.717) is 0 Å². The third kappa shape index (κ3) is 9.96. The van der Waals surface area contributed by atoms with E-state index in [1.807, 2.05) is 0 Å². The second kappa shape index (κ2) is 9.79. The third-order valence-electron chi connectivity index (χ3n) is 4.22. The van der Waals surface area contributed by atoms with Crippen molar-refractivity contribution in [2.75, 3.05) is 0 Å². The zero-order valence-corrected chi connectivity index (χ0v) is 25.1. The molecule has 0 aromatic heterocycles. The summed E-state index contributed by atoms with van der Waals surface area (Å²) in [5, 5.41) is 0. The van der Waals surface area contributed by atoms with Crippen LogP contribution < -0.4 is 0 Å². The fourth-order valence-corrected chi connectivity index (χ4v) is 20.3. The van der Waals surface area contributed by atoms with Crippen LogP contribution in [0, 0.1) is 0 Å². The van der Waals surface area contributed by atoms with E-state index in [0.717, 1.165) is 12.8 Å². The molecule has 0 fully saturated rings. The molecule has 0 aliphatic carbocycles. The molecule has 2 unspecified atom stereocenters. The molecule has 5 nitrogen and oxygen atoms in total. The second-order valence-electron chi connectivity index (χ2n) is 10.6. The van der Waals surface area contributed by atoms with Crippen molar-refractivity contribution in [1.82, 2.24) is 0 Å². The lowest BCUT2D eigenvalue weighted by Gasteiger charge is -2.46. The van der Waals surface area contributed by atoms with Gasteiger partial charge in [0.1, 0.15) is 0 Å². The van der Waals surface area contributed by atoms with Gasteiger partial charge in [0.2, 0.25) is 0 Å². The summed E-state index contributed by atoms with van der Waals surface area (Å²) >= 11 is 0. The molecule has 27 heavy (non-hydrogen) atoms. The van der Waals surface area contributed by atoms with E-state index in [-0.39, 0.29) is 11.1 Å². The lowest BCUT2D eigenvalue weighted by Crippen LogP contribution is -2.68. The van der Waals surface area contributed by atoms with Crippen LogP contribution in [-0.2, 0) is 16.5 Å². The Balaban J connectivity index is 6.38. The molecule has 0 saturated carbocycles. The molecule has 164 valence electrons. The van der Waals surface area contributed by atoms with Gasteiger partial charge in [0.05, 0.1) is 0 Å². The Morgan fingerprint density at radius 1 is 0.593 bits per heavy atom. The highest BCUT2D eigenvalue weighted by atomic mass is 28.5. The normalized spacial score (nSPS) is 18.9. The van der Waals surface area contributed by atoms with Crippen molar-refractivity contribution in [3.63, 3.8) is 0 Å². The van der Waals surface area contributed by atoms with Gasteiger partial charge < -0.3 is 21.3 Å². The van der Waals surface area contributed by atoms with Crippen molar-refractivity contribution in [2.24, 2.45) is 0 Å². The van der Waals surface area contributed by atoms with Gasteiger partial charge in [-0.05, 0) is 70.0 Å². The summed E-state index contributed by atoms with van der Waals surface area (Å²) < 4.78 is 26.6. The molecule has 0 bridgehead atoms. The Bertz CT molecular complexity index is 405. The maximum Gasteiger partial charge on any atom is 0.638 e. The van der Waals surface area contributed by atoms with Gasteiger partial charge >= 0.3 is 17.6 Å². The molecule has 0 spiro atoms. The summed E-state index contributed by atoms with van der Waals surface area (Å²) in [6.45, 7) is 27.6. The maximum atomic E-state index is 11.8. The van der Waals surface area contributed by atoms with Crippen LogP contribution in [-0.4, -0.2) is 47.4 Å². The predicted molar refractivity (Wildman–Crippen MR) is 128 cm³/mol. The molecule has 0 heterocycles. The van der Waals surface area contributed by atoms with E-state index in [2.05, 4.69) is 86.6 Å². The average molecular weight is 471 g/mol. The van der Waals surface area contributed by atoms with Crippen molar-refractivity contribution >= 4 is 42.6 Å². The third-order valence-corrected chi connectivity index (χ3v) is 20.5. The SMILES string of the molecule is CCC(C)[Si](O)(O[Si](O[Si](C)(C)C)(O[Si](C)(C)C)O[Si](C)(C)C)C(C)CC. The molecule has 0 amide bonds. The molecule has 10 heteroatoms. The van der Waals surface area contributed by atoms with Gasteiger partial charge in [0.15, 0.2) is 25.0 Å². The standard InChI is InChI=1S/C17H46O5Si5/c1-14-16(3)26(18,17(4)15-2)22-27(19-23(5,6)7,20-24(8,9)10)21-25(11,12)13/h16-18H,14-15H2,1-13H3. The Kier molecular flexibility index (Phi) is 10.1. The minimum Gasteiger partial charge on any atom is -0.411 e. The van der Waals surface area contributed by atoms with Crippen LogP contribution >= 0.6 is 0 Å². The first-order valence-corrected chi connectivity index (χ1v) is 24.2. The highest BCUT2D eigenvalue weighted by Crippen LogP contribution is 2.40. The average Bonchev–Trinajstić information content (AvgIpc) is 2.38. The fraction of sp³-hybridized carbons (Fsp3) is 1.00. The number of rotatable bonds is 12. The van der Waals surface area contributed by atoms with Crippen LogP contribution in [0.5, 0.6) is 0 Å². The summed E-state index contributed by atoms with van der Waals surface area (Å²) in [6.07, 6.45) is 1.73. The van der Waals surface area contributed by atoms with Gasteiger partial charge in [0, 0.05) is 0 Å². The van der Waals surface area contributed by atoms with Crippen LogP contribution in [0.3, 0.4) is 0 Å². The van der Waals surface area contributed by atoms with E-state index >= 15 is 0 Å². The smallest absolute Gasteiger partial charge is 0.411 e. The first-order valence-electron chi connectivity index (χ1n) is 10.3. The van der Waals surface area contributed by atoms with E-state index < -0.39 is 42.6 Å². The highest BCUT2D eigenvalue weighted by Gasteiger charge is 2.60. The summed E-state index contributed by atoms with van der Waals surface area (Å²) in [5.41, 5.74) is 0.167. The van der Waals surface area contributed by atoms with Crippen LogP contribution in [0.25, 0.3) is 0 Å². The van der Waals surface area contributed by atoms with Gasteiger partial charge in [-0.15, -0.1) is 0 Å². The maximum absolute atomic E-state index is 11.8. The topological polar surface area (TPSA) is 57.2 Å². The Labute approximate surface area is 174 Å². The molecule has 2 atom stereocenters. The molecule has 0 aliphatic heterocycles. The molecule has 0 radical (unpaired) electrons. The Morgan fingerprint density at radius 3 is 1.04 bits per heavy atom. The second-order valence-corrected chi connectivity index (χ2v) is 31.0. The van der Waals surface area contributed by atoms with Crippen molar-refractivity contribution < 1.29 is 21.3 Å². The Hall–Kier alpha value is 0.884. The number of hydrogen-bond acceptors (Lipinski definition) is 5. The summed E-state index contributed by atoms with van der Waals surface area (Å²) in [7, 11) is -12.8. The van der Waals surface area contributed by atoms with E-state index in [1.165, 1.54) is 0 Å². The first-order chi connectivity index (χ1) is 11.8. The van der Waals surface area contributed by atoms with Crippen LogP contribution in [0.1, 0.15) is 40.5 Å². The first kappa shape index (κ1) is 27.9. The van der Waals surface area contributed by atoms with Crippen LogP contribution in [0.4, 0.5) is 0 Å². The van der Waals surface area contributed by atoms with Crippen molar-refractivity contribution in [3.8, 4) is 0 Å². The van der Waals surface area contributed by atoms with Crippen molar-refractivity contribution in [3.05, 3.63) is 0 Å². The van der Waals surface area contributed by atoms with Gasteiger partial charge in [-0.1, -0.05) is 40.5 Å². The molecular weight excluding hydrogens is 425 g/mol. The minimum absolute atomic E-state index is 0.0834. The zero-order chi connectivity index (χ0) is 21.9. The van der Waals surface area contributed by atoms with E-state index in [4.69, 9.17) is 16.5 Å². The molecule has 0 aromatic carbocycles. The van der Waals surface area contributed by atoms with Crippen LogP contribution in [0.2, 0.25) is 70.0 Å². The number of hydrogen-bond donors (Lipinski definition) is 1. The van der Waals surface area contributed by atoms with E-state index in [9.17, 15) is 4.80 Å². The van der Waals surface area contributed by atoms with Gasteiger partial charge in [-0.3, -0.25) is 0 Å². The summed E-state index contributed by atoms with van der Waals surface area (Å²) in [5.74, 6) is 0. The summed E-state index contributed by atoms with van der Waals surface area (Å²) in [4.78, 5) is 11.8. The lowest BCUT2D eigenvalue weighted by atomic mass is 10.4. The quantitative estimate of drug-likeness (QED) is 0.353. The van der Waals surface area contributed by atoms with Crippen LogP contribution in [0.15, 0.2) is 0 Å². The van der Waals surface area contributed by atoms with Crippen molar-refractivity contribution in [2.45, 2.75) is 111 Å². The molecule has 0 aromatic rings. The highest BCUT2D eigenvalue weighted by molar-refractivity contribution is 6.91. The Morgan fingerprint density at radius 2 is 0.852 bits per heavy atom. The van der Waals surface area contributed by atoms with Gasteiger partial charge in [0.25, 0.3) is 0 Å². The van der Waals surface area contributed by atoms with Gasteiger partial charge in [-0.2, -0.15) is 0 Å². The minimum atomic E-state index is -3.50. The fourth-order valence-electron chi connectivity index (χ4n) is 2.72. The zero-order valence-electron chi connectivity index (χ0n) is 20.1. The van der Waals surface area contributed by atoms with Gasteiger partial charge in [-0.25, -0.2) is 0 Å². The molecule has 0 saturated heterocycles. The molecule has 1 N–H and O–H groups in total. The largest absolute Gasteiger partial charge is 0.638 e. The monoisotopic (exact) mass is 470 g/mol. The predicted octanol–water partition coefficient (Wildman–Crippen LogP) is 6.03. The van der Waals surface area contributed by atoms with E-state index in [1.54, 1.807) is 0 Å². The van der Waals surface area contributed by atoms with Crippen molar-refractivity contribution in [1.29, 1.82) is 0 Å².